The van der Waals surface area contributed by atoms with Gasteiger partial charge in [-0.3, -0.25) is 9.59 Å². The van der Waals surface area contributed by atoms with Crippen LogP contribution >= 0.6 is 11.6 Å². The Labute approximate surface area is 164 Å². The Morgan fingerprint density at radius 3 is 2.56 bits per heavy atom. The lowest BCUT2D eigenvalue weighted by atomic mass is 10.1. The summed E-state index contributed by atoms with van der Waals surface area (Å²) in [5.74, 6) is 0.351. The Morgan fingerprint density at radius 2 is 1.85 bits per heavy atom. The standard InChI is InChI=1S/C21H23ClN2O3/c1-13(2)12-23-20(25)17-11-14(7-10-18(17)22)24-21(26)16-5-3-4-6-19(16)27-15-8-9-15/h3-7,10-11,13,15H,8-9,12H2,1-2H3,(H,23,25)(H,24,26). The van der Waals surface area contributed by atoms with E-state index in [4.69, 9.17) is 16.3 Å². The molecule has 0 unspecified atom stereocenters. The van der Waals surface area contributed by atoms with Crippen LogP contribution in [0.25, 0.3) is 0 Å². The highest BCUT2D eigenvalue weighted by Crippen LogP contribution is 2.29. The third kappa shape index (κ3) is 5.23. The van der Waals surface area contributed by atoms with Crippen molar-refractivity contribution < 1.29 is 14.3 Å². The van der Waals surface area contributed by atoms with Crippen molar-refractivity contribution in [2.24, 2.45) is 5.92 Å². The van der Waals surface area contributed by atoms with Gasteiger partial charge in [-0.15, -0.1) is 0 Å². The fourth-order valence-electron chi connectivity index (χ4n) is 2.49. The van der Waals surface area contributed by atoms with Crippen molar-refractivity contribution in [1.82, 2.24) is 5.32 Å². The highest BCUT2D eigenvalue weighted by molar-refractivity contribution is 6.34. The van der Waals surface area contributed by atoms with E-state index in [1.807, 2.05) is 19.9 Å². The number of nitrogens with one attached hydrogen (secondary N) is 2. The summed E-state index contributed by atoms with van der Waals surface area (Å²) in [6, 6.07) is 12.0. The lowest BCUT2D eigenvalue weighted by Crippen LogP contribution is -2.27. The van der Waals surface area contributed by atoms with E-state index >= 15 is 0 Å². The van der Waals surface area contributed by atoms with Gasteiger partial charge in [-0.2, -0.15) is 0 Å². The minimum atomic E-state index is -0.290. The van der Waals surface area contributed by atoms with Crippen LogP contribution in [-0.2, 0) is 0 Å². The molecule has 142 valence electrons. The number of benzene rings is 2. The van der Waals surface area contributed by atoms with Gasteiger partial charge < -0.3 is 15.4 Å². The fraction of sp³-hybridized carbons (Fsp3) is 0.333. The molecule has 6 heteroatoms. The molecular formula is C21H23ClN2O3. The second kappa shape index (κ2) is 8.44. The molecule has 3 rings (SSSR count). The van der Waals surface area contributed by atoms with Gasteiger partial charge in [0.1, 0.15) is 5.75 Å². The Morgan fingerprint density at radius 1 is 1.11 bits per heavy atom. The second-order valence-corrected chi connectivity index (χ2v) is 7.47. The molecule has 0 radical (unpaired) electrons. The van der Waals surface area contributed by atoms with Gasteiger partial charge in [0.2, 0.25) is 0 Å². The maximum absolute atomic E-state index is 12.7. The summed E-state index contributed by atoms with van der Waals surface area (Å²) in [4.78, 5) is 25.0. The number of carbonyl (C=O) groups is 2. The monoisotopic (exact) mass is 386 g/mol. The average Bonchev–Trinajstić information content (AvgIpc) is 3.45. The smallest absolute Gasteiger partial charge is 0.259 e. The number of halogens is 1. The molecule has 0 aromatic heterocycles. The number of para-hydroxylation sites is 1. The predicted octanol–water partition coefficient (Wildman–Crippen LogP) is 4.52. The highest BCUT2D eigenvalue weighted by Gasteiger charge is 2.25. The molecule has 1 aliphatic rings. The zero-order valence-corrected chi connectivity index (χ0v) is 16.2. The Kier molecular flexibility index (Phi) is 6.01. The topological polar surface area (TPSA) is 67.4 Å². The molecule has 2 amide bonds. The van der Waals surface area contributed by atoms with Crippen molar-refractivity contribution in [3.05, 3.63) is 58.6 Å². The van der Waals surface area contributed by atoms with E-state index in [0.29, 0.717) is 40.0 Å². The molecule has 2 N–H and O–H groups in total. The van der Waals surface area contributed by atoms with Crippen molar-refractivity contribution in [2.75, 3.05) is 11.9 Å². The van der Waals surface area contributed by atoms with E-state index in [9.17, 15) is 9.59 Å². The number of hydrogen-bond donors (Lipinski definition) is 2. The maximum atomic E-state index is 12.7. The number of amides is 2. The fourth-order valence-corrected chi connectivity index (χ4v) is 2.69. The third-order valence-electron chi connectivity index (χ3n) is 4.09. The molecule has 0 saturated heterocycles. The van der Waals surface area contributed by atoms with Crippen molar-refractivity contribution in [1.29, 1.82) is 0 Å². The molecule has 0 spiro atoms. The van der Waals surface area contributed by atoms with Crippen molar-refractivity contribution >= 4 is 29.1 Å². The Hall–Kier alpha value is -2.53. The number of carbonyl (C=O) groups excluding carboxylic acids is 2. The van der Waals surface area contributed by atoms with Gasteiger partial charge in [0.15, 0.2) is 0 Å². The molecule has 0 heterocycles. The first kappa shape index (κ1) is 19.2. The quantitative estimate of drug-likeness (QED) is 0.735. The van der Waals surface area contributed by atoms with Gasteiger partial charge in [-0.1, -0.05) is 37.6 Å². The van der Waals surface area contributed by atoms with Crippen LogP contribution in [0.5, 0.6) is 5.75 Å². The summed E-state index contributed by atoms with van der Waals surface area (Å²) >= 11 is 6.16. The minimum absolute atomic E-state index is 0.200. The van der Waals surface area contributed by atoms with Crippen LogP contribution in [0.2, 0.25) is 5.02 Å². The average molecular weight is 387 g/mol. The summed E-state index contributed by atoms with van der Waals surface area (Å²) in [6.45, 7) is 4.58. The molecule has 2 aromatic rings. The molecule has 1 aliphatic carbocycles. The van der Waals surface area contributed by atoms with E-state index in [0.717, 1.165) is 12.8 Å². The first-order valence-electron chi connectivity index (χ1n) is 9.09. The van der Waals surface area contributed by atoms with Crippen LogP contribution in [0, 0.1) is 5.92 Å². The molecular weight excluding hydrogens is 364 g/mol. The zero-order chi connectivity index (χ0) is 19.4. The zero-order valence-electron chi connectivity index (χ0n) is 15.4. The van der Waals surface area contributed by atoms with E-state index in [1.54, 1.807) is 36.4 Å². The first-order valence-corrected chi connectivity index (χ1v) is 9.46. The molecule has 5 nitrogen and oxygen atoms in total. The van der Waals surface area contributed by atoms with Gasteiger partial charge in [0, 0.05) is 12.2 Å². The van der Waals surface area contributed by atoms with E-state index < -0.39 is 0 Å². The highest BCUT2D eigenvalue weighted by atomic mass is 35.5. The van der Waals surface area contributed by atoms with Crippen molar-refractivity contribution in [2.45, 2.75) is 32.8 Å². The van der Waals surface area contributed by atoms with Crippen LogP contribution in [0.15, 0.2) is 42.5 Å². The Balaban J connectivity index is 1.75. The molecule has 1 fully saturated rings. The maximum Gasteiger partial charge on any atom is 0.259 e. The van der Waals surface area contributed by atoms with Crippen LogP contribution in [0.4, 0.5) is 5.69 Å². The molecule has 1 saturated carbocycles. The molecule has 0 aliphatic heterocycles. The molecule has 2 aromatic carbocycles. The summed E-state index contributed by atoms with van der Waals surface area (Å²) in [5.41, 5.74) is 1.29. The summed E-state index contributed by atoms with van der Waals surface area (Å²) in [7, 11) is 0. The summed E-state index contributed by atoms with van der Waals surface area (Å²) in [6.07, 6.45) is 2.23. The van der Waals surface area contributed by atoms with Crippen LogP contribution in [-0.4, -0.2) is 24.5 Å². The lowest BCUT2D eigenvalue weighted by molar-refractivity contribution is 0.0947. The van der Waals surface area contributed by atoms with Gasteiger partial charge in [0.05, 0.1) is 22.3 Å². The lowest BCUT2D eigenvalue weighted by Gasteiger charge is -2.13. The van der Waals surface area contributed by atoms with E-state index in [1.165, 1.54) is 0 Å². The number of rotatable bonds is 7. The third-order valence-corrected chi connectivity index (χ3v) is 4.42. The molecule has 0 bridgehead atoms. The largest absolute Gasteiger partial charge is 0.490 e. The number of hydrogen-bond acceptors (Lipinski definition) is 3. The van der Waals surface area contributed by atoms with E-state index in [2.05, 4.69) is 10.6 Å². The van der Waals surface area contributed by atoms with Crippen molar-refractivity contribution in [3.63, 3.8) is 0 Å². The van der Waals surface area contributed by atoms with Gasteiger partial charge in [0.25, 0.3) is 11.8 Å². The van der Waals surface area contributed by atoms with E-state index in [-0.39, 0.29) is 17.9 Å². The van der Waals surface area contributed by atoms with Crippen molar-refractivity contribution in [3.8, 4) is 5.75 Å². The predicted molar refractivity (Wildman–Crippen MR) is 107 cm³/mol. The van der Waals surface area contributed by atoms with Gasteiger partial charge in [-0.25, -0.2) is 0 Å². The van der Waals surface area contributed by atoms with Gasteiger partial charge >= 0.3 is 0 Å². The SMILES string of the molecule is CC(C)CNC(=O)c1cc(NC(=O)c2ccccc2OC2CC2)ccc1Cl. The van der Waals surface area contributed by atoms with Crippen LogP contribution in [0.3, 0.4) is 0 Å². The van der Waals surface area contributed by atoms with Gasteiger partial charge in [-0.05, 0) is 49.1 Å². The molecule has 27 heavy (non-hydrogen) atoms. The first-order chi connectivity index (χ1) is 12.9. The summed E-state index contributed by atoms with van der Waals surface area (Å²) in [5, 5.41) is 5.99. The summed E-state index contributed by atoms with van der Waals surface area (Å²) < 4.78 is 5.80. The normalized spacial score (nSPS) is 13.3. The van der Waals surface area contributed by atoms with Crippen LogP contribution in [0.1, 0.15) is 47.4 Å². The molecule has 0 atom stereocenters. The number of anilines is 1. The Bertz CT molecular complexity index is 847. The minimum Gasteiger partial charge on any atom is -0.490 e. The van der Waals surface area contributed by atoms with Crippen LogP contribution < -0.4 is 15.4 Å². The second-order valence-electron chi connectivity index (χ2n) is 7.07. The number of ether oxygens (including phenoxy) is 1.